The maximum absolute atomic E-state index is 13.2. The molecule has 1 saturated heterocycles. The molecule has 2 aliphatic heterocycles. The van der Waals surface area contributed by atoms with Crippen molar-refractivity contribution in [1.82, 2.24) is 14.2 Å². The molecule has 0 bridgehead atoms. The molecular formula is C21H25FN4O5S2. The number of thiazole rings is 1. The van der Waals surface area contributed by atoms with E-state index >= 15 is 0 Å². The number of hydrogen-bond donors (Lipinski definition) is 1. The van der Waals surface area contributed by atoms with Gasteiger partial charge < -0.3 is 15.0 Å². The first-order valence-corrected chi connectivity index (χ1v) is 13.0. The summed E-state index contributed by atoms with van der Waals surface area (Å²) in [6.07, 6.45) is 1.31. The molecule has 0 radical (unpaired) electrons. The molecule has 1 fully saturated rings. The average molecular weight is 497 g/mol. The van der Waals surface area contributed by atoms with E-state index in [0.717, 1.165) is 22.7 Å². The van der Waals surface area contributed by atoms with Gasteiger partial charge in [0, 0.05) is 30.9 Å². The first kappa shape index (κ1) is 23.6. The summed E-state index contributed by atoms with van der Waals surface area (Å²) in [5.74, 6) is -1.32. The van der Waals surface area contributed by atoms with Gasteiger partial charge >= 0.3 is 6.09 Å². The van der Waals surface area contributed by atoms with Crippen LogP contribution < -0.4 is 5.32 Å². The van der Waals surface area contributed by atoms with Crippen molar-refractivity contribution in [2.24, 2.45) is 5.92 Å². The molecule has 3 heterocycles. The second-order valence-electron chi connectivity index (χ2n) is 7.90. The highest BCUT2D eigenvalue weighted by molar-refractivity contribution is 7.89. The third-order valence-corrected chi connectivity index (χ3v) is 8.57. The monoisotopic (exact) mass is 496 g/mol. The van der Waals surface area contributed by atoms with E-state index in [1.807, 2.05) is 0 Å². The van der Waals surface area contributed by atoms with Crippen LogP contribution in [-0.4, -0.2) is 60.8 Å². The van der Waals surface area contributed by atoms with Gasteiger partial charge in [0.15, 0.2) is 5.13 Å². The predicted octanol–water partition coefficient (Wildman–Crippen LogP) is 2.84. The van der Waals surface area contributed by atoms with Gasteiger partial charge in [-0.05, 0) is 44.0 Å². The molecule has 1 aromatic carbocycles. The zero-order valence-electron chi connectivity index (χ0n) is 18.1. The van der Waals surface area contributed by atoms with Crippen molar-refractivity contribution in [3.63, 3.8) is 0 Å². The van der Waals surface area contributed by atoms with Crippen LogP contribution in [0.3, 0.4) is 0 Å². The number of sulfonamides is 1. The molecule has 0 spiro atoms. The Labute approximate surface area is 195 Å². The van der Waals surface area contributed by atoms with Crippen molar-refractivity contribution < 1.29 is 27.1 Å². The smallest absolute Gasteiger partial charge is 0.410 e. The lowest BCUT2D eigenvalue weighted by Gasteiger charge is -2.31. The van der Waals surface area contributed by atoms with Crippen molar-refractivity contribution in [1.29, 1.82) is 0 Å². The average Bonchev–Trinajstić information content (AvgIpc) is 3.21. The Balaban J connectivity index is 1.40. The van der Waals surface area contributed by atoms with Crippen molar-refractivity contribution in [2.75, 3.05) is 31.6 Å². The summed E-state index contributed by atoms with van der Waals surface area (Å²) in [4.78, 5) is 31.9. The third-order valence-electron chi connectivity index (χ3n) is 5.69. The summed E-state index contributed by atoms with van der Waals surface area (Å²) in [6, 6.07) is 4.67. The number of anilines is 1. The van der Waals surface area contributed by atoms with Crippen LogP contribution in [0.1, 0.15) is 30.3 Å². The van der Waals surface area contributed by atoms with Crippen molar-refractivity contribution in [3.8, 4) is 0 Å². The number of carbonyl (C=O) groups excluding carboxylic acids is 2. The minimum atomic E-state index is -3.82. The van der Waals surface area contributed by atoms with Crippen LogP contribution in [0.15, 0.2) is 29.2 Å². The fourth-order valence-corrected chi connectivity index (χ4v) is 6.51. The van der Waals surface area contributed by atoms with E-state index in [-0.39, 0.29) is 23.4 Å². The lowest BCUT2D eigenvalue weighted by Crippen LogP contribution is -2.43. The van der Waals surface area contributed by atoms with Gasteiger partial charge in [-0.3, -0.25) is 4.79 Å². The fourth-order valence-electron chi connectivity index (χ4n) is 3.96. The molecule has 1 unspecified atom stereocenters. The number of carbonyl (C=O) groups is 2. The lowest BCUT2D eigenvalue weighted by atomic mass is 9.99. The molecule has 1 atom stereocenters. The van der Waals surface area contributed by atoms with Gasteiger partial charge in [-0.2, -0.15) is 4.31 Å². The number of ether oxygens (including phenoxy) is 1. The van der Waals surface area contributed by atoms with Crippen molar-refractivity contribution >= 4 is 38.5 Å². The Morgan fingerprint density at radius 3 is 2.76 bits per heavy atom. The number of rotatable bonds is 5. The summed E-state index contributed by atoms with van der Waals surface area (Å²) in [7, 11) is -3.82. The van der Waals surface area contributed by atoms with Crippen LogP contribution >= 0.6 is 11.3 Å². The van der Waals surface area contributed by atoms with Crippen LogP contribution in [0.4, 0.5) is 14.3 Å². The SMILES string of the molecule is CCOC(=O)N1CCc2nc(NC(=O)C3CCCN(S(=O)(=O)c4ccc(F)cc4)C3)sc2C1. The van der Waals surface area contributed by atoms with E-state index in [1.165, 1.54) is 27.8 Å². The highest BCUT2D eigenvalue weighted by Gasteiger charge is 2.34. The van der Waals surface area contributed by atoms with Gasteiger partial charge in [-0.1, -0.05) is 11.3 Å². The highest BCUT2D eigenvalue weighted by Crippen LogP contribution is 2.30. The first-order chi connectivity index (χ1) is 15.8. The zero-order valence-corrected chi connectivity index (χ0v) is 19.8. The molecule has 4 rings (SSSR count). The van der Waals surface area contributed by atoms with Crippen LogP contribution in [0, 0.1) is 11.7 Å². The number of piperidine rings is 1. The topological polar surface area (TPSA) is 109 Å². The molecule has 2 amide bonds. The molecule has 2 aromatic rings. The molecule has 9 nitrogen and oxygen atoms in total. The predicted molar refractivity (Wildman–Crippen MR) is 120 cm³/mol. The molecule has 178 valence electrons. The summed E-state index contributed by atoms with van der Waals surface area (Å²) in [6.45, 7) is 3.30. The molecule has 0 saturated carbocycles. The van der Waals surface area contributed by atoms with E-state index in [2.05, 4.69) is 10.3 Å². The number of aromatic nitrogens is 1. The van der Waals surface area contributed by atoms with E-state index < -0.39 is 21.8 Å². The van der Waals surface area contributed by atoms with Gasteiger partial charge in [-0.25, -0.2) is 22.6 Å². The molecule has 1 N–H and O–H groups in total. The fraction of sp³-hybridized carbons (Fsp3) is 0.476. The van der Waals surface area contributed by atoms with Crippen molar-refractivity contribution in [3.05, 3.63) is 40.7 Å². The standard InChI is InChI=1S/C21H25FN4O5S2/c1-2-31-21(28)25-11-9-17-18(13-25)32-20(23-17)24-19(27)14-4-3-10-26(12-14)33(29,30)16-7-5-15(22)6-8-16/h5-8,14H,2-4,9-13H2,1H3,(H,23,24,27). The Hall–Kier alpha value is -2.57. The first-order valence-electron chi connectivity index (χ1n) is 10.7. The van der Waals surface area contributed by atoms with Gasteiger partial charge in [-0.15, -0.1) is 0 Å². The number of fused-ring (bicyclic) bond motifs is 1. The number of amides is 2. The second-order valence-corrected chi connectivity index (χ2v) is 10.9. The normalized spacial score (nSPS) is 19.1. The Bertz CT molecular complexity index is 1140. The number of nitrogens with one attached hydrogen (secondary N) is 1. The quantitative estimate of drug-likeness (QED) is 0.682. The number of halogens is 1. The highest BCUT2D eigenvalue weighted by atomic mass is 32.2. The van der Waals surface area contributed by atoms with E-state index in [1.54, 1.807) is 11.8 Å². The maximum atomic E-state index is 13.2. The molecule has 0 aliphatic carbocycles. The minimum Gasteiger partial charge on any atom is -0.450 e. The van der Waals surface area contributed by atoms with Gasteiger partial charge in [0.1, 0.15) is 5.82 Å². The molecule has 1 aromatic heterocycles. The minimum absolute atomic E-state index is 0.00344. The Kier molecular flexibility index (Phi) is 6.96. The summed E-state index contributed by atoms with van der Waals surface area (Å²) < 4.78 is 45.3. The van der Waals surface area contributed by atoms with Gasteiger partial charge in [0.25, 0.3) is 0 Å². The van der Waals surface area contributed by atoms with Gasteiger partial charge in [0.2, 0.25) is 15.9 Å². The van der Waals surface area contributed by atoms with Gasteiger partial charge in [0.05, 0.1) is 29.7 Å². The van der Waals surface area contributed by atoms with Crippen LogP contribution in [0.2, 0.25) is 0 Å². The summed E-state index contributed by atoms with van der Waals surface area (Å²) >= 11 is 1.31. The summed E-state index contributed by atoms with van der Waals surface area (Å²) in [5, 5.41) is 3.26. The van der Waals surface area contributed by atoms with E-state index in [4.69, 9.17) is 4.74 Å². The Morgan fingerprint density at radius 2 is 2.03 bits per heavy atom. The molecule has 2 aliphatic rings. The third kappa shape index (κ3) is 5.17. The van der Waals surface area contributed by atoms with Crippen LogP contribution in [0.25, 0.3) is 0 Å². The second kappa shape index (κ2) is 9.74. The molecular weight excluding hydrogens is 471 g/mol. The zero-order chi connectivity index (χ0) is 23.6. The van der Waals surface area contributed by atoms with E-state index in [0.29, 0.717) is 50.6 Å². The number of benzene rings is 1. The van der Waals surface area contributed by atoms with Crippen molar-refractivity contribution in [2.45, 2.75) is 37.6 Å². The molecule has 12 heteroatoms. The number of nitrogens with zero attached hydrogens (tertiary/aromatic N) is 3. The van der Waals surface area contributed by atoms with Crippen LogP contribution in [-0.2, 0) is 32.5 Å². The largest absolute Gasteiger partial charge is 0.450 e. The lowest BCUT2D eigenvalue weighted by molar-refractivity contribution is -0.120. The van der Waals surface area contributed by atoms with E-state index in [9.17, 15) is 22.4 Å². The van der Waals surface area contributed by atoms with Crippen LogP contribution in [0.5, 0.6) is 0 Å². The Morgan fingerprint density at radius 1 is 1.27 bits per heavy atom. The maximum Gasteiger partial charge on any atom is 0.410 e. The molecule has 33 heavy (non-hydrogen) atoms. The number of hydrogen-bond acceptors (Lipinski definition) is 7. The summed E-state index contributed by atoms with van der Waals surface area (Å²) in [5.41, 5.74) is 0.847.